The molecule has 0 unspecified atom stereocenters. The van der Waals surface area contributed by atoms with Gasteiger partial charge in [-0.15, -0.1) is 0 Å². The van der Waals surface area contributed by atoms with Gasteiger partial charge in [0.1, 0.15) is 0 Å². The van der Waals surface area contributed by atoms with E-state index in [1.807, 2.05) is 0 Å². The number of hydrogen-bond donors (Lipinski definition) is 1. The molecule has 0 amide bonds. The van der Waals surface area contributed by atoms with Crippen LogP contribution in [-0.4, -0.2) is 86.5 Å². The highest BCUT2D eigenvalue weighted by molar-refractivity contribution is 5.80. The summed E-state index contributed by atoms with van der Waals surface area (Å²) in [6.45, 7) is 11.7. The number of hydrogen-bond acceptors (Lipinski definition) is 4. The minimum absolute atomic E-state index is 0.330. The number of nitrogens with zero attached hydrogens (tertiary/aromatic N) is 3. The van der Waals surface area contributed by atoms with Crippen LogP contribution in [0.1, 0.15) is 26.7 Å². The second-order valence-corrected chi connectivity index (χ2v) is 6.74. The molecule has 0 aromatic heterocycles. The van der Waals surface area contributed by atoms with Gasteiger partial charge >= 0.3 is 0 Å². The van der Waals surface area contributed by atoms with Crippen molar-refractivity contribution in [1.29, 1.82) is 0 Å². The smallest absolute Gasteiger partial charge is 0.194 e. The van der Waals surface area contributed by atoms with E-state index in [0.717, 1.165) is 58.4 Å². The molecular formula is C16H30N4O2. The predicted octanol–water partition coefficient (Wildman–Crippen LogP) is 0.536. The van der Waals surface area contributed by atoms with Gasteiger partial charge in [0.15, 0.2) is 5.96 Å². The molecule has 1 saturated carbocycles. The van der Waals surface area contributed by atoms with Crippen LogP contribution in [0.15, 0.2) is 4.99 Å². The zero-order chi connectivity index (χ0) is 15.4. The van der Waals surface area contributed by atoms with Gasteiger partial charge in [0, 0.05) is 38.8 Å². The fourth-order valence-electron chi connectivity index (χ4n) is 3.19. The van der Waals surface area contributed by atoms with Crippen molar-refractivity contribution in [3.8, 4) is 0 Å². The molecule has 2 atom stereocenters. The van der Waals surface area contributed by atoms with Crippen LogP contribution in [0, 0.1) is 0 Å². The summed E-state index contributed by atoms with van der Waals surface area (Å²) in [5.74, 6) is 1.08. The van der Waals surface area contributed by atoms with Crippen LogP contribution in [0.4, 0.5) is 0 Å². The first-order valence-electron chi connectivity index (χ1n) is 8.72. The van der Waals surface area contributed by atoms with E-state index in [1.165, 1.54) is 12.8 Å². The zero-order valence-corrected chi connectivity index (χ0v) is 14.0. The Labute approximate surface area is 133 Å². The van der Waals surface area contributed by atoms with Crippen molar-refractivity contribution in [2.24, 2.45) is 4.99 Å². The largest absolute Gasteiger partial charge is 0.378 e. The van der Waals surface area contributed by atoms with E-state index in [2.05, 4.69) is 29.0 Å². The van der Waals surface area contributed by atoms with Gasteiger partial charge in [-0.3, -0.25) is 9.89 Å². The van der Waals surface area contributed by atoms with Crippen molar-refractivity contribution in [2.45, 2.75) is 44.9 Å². The zero-order valence-electron chi connectivity index (χ0n) is 14.0. The molecule has 6 nitrogen and oxygen atoms in total. The van der Waals surface area contributed by atoms with E-state index in [4.69, 9.17) is 14.5 Å². The Morgan fingerprint density at radius 1 is 1.14 bits per heavy atom. The molecular weight excluding hydrogens is 280 g/mol. The molecule has 1 N–H and O–H groups in total. The van der Waals surface area contributed by atoms with Crippen LogP contribution in [-0.2, 0) is 9.47 Å². The maximum atomic E-state index is 5.79. The van der Waals surface area contributed by atoms with E-state index in [0.29, 0.717) is 18.2 Å². The summed E-state index contributed by atoms with van der Waals surface area (Å²) in [6, 6.07) is 0.644. The number of rotatable bonds is 4. The molecule has 0 radical (unpaired) electrons. The first-order valence-corrected chi connectivity index (χ1v) is 8.72. The third-order valence-corrected chi connectivity index (χ3v) is 4.39. The molecule has 0 bridgehead atoms. The highest BCUT2D eigenvalue weighted by atomic mass is 16.5. The summed E-state index contributed by atoms with van der Waals surface area (Å²) in [6.07, 6.45) is 3.22. The Bertz CT molecular complexity index is 370. The van der Waals surface area contributed by atoms with Crippen LogP contribution in [0.25, 0.3) is 0 Å². The fourth-order valence-corrected chi connectivity index (χ4v) is 3.19. The Kier molecular flexibility index (Phi) is 5.55. The number of guanidine groups is 1. The number of nitrogens with one attached hydrogen (secondary N) is 1. The van der Waals surface area contributed by atoms with Crippen molar-refractivity contribution in [3.63, 3.8) is 0 Å². The molecule has 2 saturated heterocycles. The Balaban J connectivity index is 1.50. The van der Waals surface area contributed by atoms with Gasteiger partial charge in [0.05, 0.1) is 32.0 Å². The molecule has 1 aliphatic carbocycles. The van der Waals surface area contributed by atoms with E-state index in [1.54, 1.807) is 0 Å². The normalized spacial score (nSPS) is 31.4. The molecule has 126 valence electrons. The minimum Gasteiger partial charge on any atom is -0.378 e. The lowest BCUT2D eigenvalue weighted by Gasteiger charge is -2.35. The maximum absolute atomic E-state index is 5.79. The average molecular weight is 310 g/mol. The lowest BCUT2D eigenvalue weighted by molar-refractivity contribution is -0.0669. The van der Waals surface area contributed by atoms with E-state index < -0.39 is 0 Å². The highest BCUT2D eigenvalue weighted by Crippen LogP contribution is 2.19. The Hall–Kier alpha value is -0.850. The highest BCUT2D eigenvalue weighted by Gasteiger charge is 2.26. The van der Waals surface area contributed by atoms with Crippen molar-refractivity contribution in [2.75, 3.05) is 52.5 Å². The topological polar surface area (TPSA) is 49.3 Å². The number of morpholine rings is 2. The molecule has 22 heavy (non-hydrogen) atoms. The van der Waals surface area contributed by atoms with Gasteiger partial charge < -0.3 is 19.7 Å². The summed E-state index contributed by atoms with van der Waals surface area (Å²) in [4.78, 5) is 9.67. The number of aliphatic imine (C=N–C) groups is 1. The van der Waals surface area contributed by atoms with E-state index in [9.17, 15) is 0 Å². The van der Waals surface area contributed by atoms with Gasteiger partial charge in [-0.05, 0) is 26.7 Å². The van der Waals surface area contributed by atoms with E-state index >= 15 is 0 Å². The van der Waals surface area contributed by atoms with Crippen molar-refractivity contribution < 1.29 is 9.47 Å². The van der Waals surface area contributed by atoms with Crippen molar-refractivity contribution in [1.82, 2.24) is 15.1 Å². The van der Waals surface area contributed by atoms with Crippen LogP contribution in [0.5, 0.6) is 0 Å². The predicted molar refractivity (Wildman–Crippen MR) is 87.3 cm³/mol. The standard InChI is InChI=1S/C16H30N4O2/c1-13-11-19(12-14(2)22-13)6-5-17-16(18-15-3-4-15)20-7-9-21-10-8-20/h13-15H,3-12H2,1-2H3,(H,17,18)/t13-,14+. The van der Waals surface area contributed by atoms with Crippen LogP contribution >= 0.6 is 0 Å². The molecule has 3 rings (SSSR count). The summed E-state index contributed by atoms with van der Waals surface area (Å²) in [5.41, 5.74) is 0. The van der Waals surface area contributed by atoms with Crippen molar-refractivity contribution >= 4 is 5.96 Å². The maximum Gasteiger partial charge on any atom is 0.194 e. The molecule has 6 heteroatoms. The van der Waals surface area contributed by atoms with Crippen LogP contribution < -0.4 is 5.32 Å². The quantitative estimate of drug-likeness (QED) is 0.606. The second kappa shape index (κ2) is 7.62. The van der Waals surface area contributed by atoms with Gasteiger partial charge in [-0.2, -0.15) is 0 Å². The lowest BCUT2D eigenvalue weighted by Crippen LogP contribution is -2.49. The summed E-state index contributed by atoms with van der Waals surface area (Å²) in [7, 11) is 0. The second-order valence-electron chi connectivity index (χ2n) is 6.74. The van der Waals surface area contributed by atoms with E-state index in [-0.39, 0.29) is 0 Å². The average Bonchev–Trinajstić information content (AvgIpc) is 3.30. The molecule has 3 fully saturated rings. The third kappa shape index (κ3) is 4.83. The van der Waals surface area contributed by atoms with Gasteiger partial charge in [-0.1, -0.05) is 0 Å². The summed E-state index contributed by atoms with van der Waals surface area (Å²) >= 11 is 0. The first kappa shape index (κ1) is 16.0. The molecule has 2 aliphatic heterocycles. The Morgan fingerprint density at radius 2 is 1.82 bits per heavy atom. The number of ether oxygens (including phenoxy) is 2. The molecule has 3 aliphatic rings. The molecule has 0 aromatic carbocycles. The monoisotopic (exact) mass is 310 g/mol. The summed E-state index contributed by atoms with van der Waals surface area (Å²) < 4.78 is 11.2. The SMILES string of the molecule is C[C@@H]1CN(CCN=C(NC2CC2)N2CCOCC2)C[C@H](C)O1. The molecule has 0 aromatic rings. The fraction of sp³-hybridized carbons (Fsp3) is 0.938. The summed E-state index contributed by atoms with van der Waals surface area (Å²) in [5, 5.41) is 3.59. The van der Waals surface area contributed by atoms with Crippen molar-refractivity contribution in [3.05, 3.63) is 0 Å². The van der Waals surface area contributed by atoms with Crippen LogP contribution in [0.2, 0.25) is 0 Å². The first-order chi connectivity index (χ1) is 10.7. The lowest BCUT2D eigenvalue weighted by atomic mass is 10.2. The van der Waals surface area contributed by atoms with Gasteiger partial charge in [0.25, 0.3) is 0 Å². The van der Waals surface area contributed by atoms with Gasteiger partial charge in [-0.25, -0.2) is 0 Å². The Morgan fingerprint density at radius 3 is 2.45 bits per heavy atom. The van der Waals surface area contributed by atoms with Crippen LogP contribution in [0.3, 0.4) is 0 Å². The minimum atomic E-state index is 0.330. The molecule has 0 spiro atoms. The molecule has 2 heterocycles. The third-order valence-electron chi connectivity index (χ3n) is 4.39. The van der Waals surface area contributed by atoms with Gasteiger partial charge in [0.2, 0.25) is 0 Å².